The first-order valence-electron chi connectivity index (χ1n) is 8.58. The highest BCUT2D eigenvalue weighted by Gasteiger charge is 2.28. The molecule has 1 fully saturated rings. The zero-order chi connectivity index (χ0) is 19.3. The number of rotatable bonds is 3. The van der Waals surface area contributed by atoms with Crippen LogP contribution in [-0.2, 0) is 4.74 Å². The summed E-state index contributed by atoms with van der Waals surface area (Å²) in [4.78, 5) is 38.0. The number of urea groups is 1. The normalized spacial score (nSPS) is 18.0. The minimum atomic E-state index is -0.719. The van der Waals surface area contributed by atoms with Gasteiger partial charge in [0.2, 0.25) is 0 Å². The largest absolute Gasteiger partial charge is 0.444 e. The van der Waals surface area contributed by atoms with Crippen molar-refractivity contribution in [1.82, 2.24) is 10.2 Å². The Hall–Kier alpha value is -2.29. The van der Waals surface area contributed by atoms with Crippen molar-refractivity contribution in [2.75, 3.05) is 18.4 Å². The van der Waals surface area contributed by atoms with Crippen LogP contribution in [0.2, 0.25) is 0 Å². The lowest BCUT2D eigenvalue weighted by Crippen LogP contribution is -2.46. The maximum absolute atomic E-state index is 12.6. The van der Waals surface area contributed by atoms with Gasteiger partial charge in [0.1, 0.15) is 10.5 Å². The number of carbonyl (C=O) groups is 3. The number of amides is 4. The Kier molecular flexibility index (Phi) is 6.47. The molecule has 4 amide bonds. The molecule has 0 bridgehead atoms. The van der Waals surface area contributed by atoms with Crippen LogP contribution in [0.5, 0.6) is 0 Å². The summed E-state index contributed by atoms with van der Waals surface area (Å²) in [5.74, 6) is -0.292. The van der Waals surface area contributed by atoms with Crippen molar-refractivity contribution in [3.63, 3.8) is 0 Å². The highest BCUT2D eigenvalue weighted by molar-refractivity contribution is 7.12. The van der Waals surface area contributed by atoms with Crippen LogP contribution in [0.1, 0.15) is 49.7 Å². The molecule has 2 heterocycles. The summed E-state index contributed by atoms with van der Waals surface area (Å²) in [6, 6.07) is 0.730. The number of anilines is 1. The van der Waals surface area contributed by atoms with Crippen LogP contribution in [-0.4, -0.2) is 47.7 Å². The summed E-state index contributed by atoms with van der Waals surface area (Å²) in [6.07, 6.45) is 2.17. The highest BCUT2D eigenvalue weighted by atomic mass is 32.1. The quantitative estimate of drug-likeness (QED) is 0.746. The number of ether oxygens (including phenoxy) is 1. The van der Waals surface area contributed by atoms with Crippen LogP contribution >= 0.6 is 11.3 Å². The fourth-order valence-electron chi connectivity index (χ4n) is 2.72. The summed E-state index contributed by atoms with van der Waals surface area (Å²) in [6.45, 7) is 6.48. The van der Waals surface area contributed by atoms with Gasteiger partial charge in [-0.15, -0.1) is 11.3 Å². The molecule has 1 saturated heterocycles. The number of primary amides is 1. The predicted molar refractivity (Wildman–Crippen MR) is 100 cm³/mol. The summed E-state index contributed by atoms with van der Waals surface area (Å²) in [5, 5.41) is 7.10. The molecule has 1 aliphatic rings. The van der Waals surface area contributed by atoms with E-state index in [0.717, 1.165) is 19.3 Å². The first kappa shape index (κ1) is 20.0. The van der Waals surface area contributed by atoms with Crippen LogP contribution in [0.4, 0.5) is 15.3 Å². The van der Waals surface area contributed by atoms with Gasteiger partial charge >= 0.3 is 12.1 Å². The Morgan fingerprint density at radius 1 is 1.31 bits per heavy atom. The summed E-state index contributed by atoms with van der Waals surface area (Å²) >= 11 is 1.22. The Morgan fingerprint density at radius 2 is 2.04 bits per heavy atom. The molecular weight excluding hydrogens is 356 g/mol. The number of hydrogen-bond acceptors (Lipinski definition) is 5. The van der Waals surface area contributed by atoms with Crippen molar-refractivity contribution in [3.8, 4) is 0 Å². The lowest BCUT2D eigenvalue weighted by Gasteiger charge is -2.28. The van der Waals surface area contributed by atoms with Gasteiger partial charge in [0, 0.05) is 19.1 Å². The first-order valence-corrected chi connectivity index (χ1v) is 9.46. The Labute approximate surface area is 157 Å². The fourth-order valence-corrected chi connectivity index (χ4v) is 3.47. The second-order valence-corrected chi connectivity index (χ2v) is 8.16. The van der Waals surface area contributed by atoms with Crippen LogP contribution in [0.25, 0.3) is 0 Å². The van der Waals surface area contributed by atoms with E-state index in [1.807, 2.05) is 20.8 Å². The Balaban J connectivity index is 2.01. The molecule has 0 unspecified atom stereocenters. The topological polar surface area (TPSA) is 114 Å². The summed E-state index contributed by atoms with van der Waals surface area (Å²) in [5.41, 5.74) is 4.95. The van der Waals surface area contributed by atoms with Crippen LogP contribution in [0.3, 0.4) is 0 Å². The molecule has 0 radical (unpaired) electrons. The minimum absolute atomic E-state index is 0.180. The molecule has 1 aromatic rings. The van der Waals surface area contributed by atoms with E-state index in [0.29, 0.717) is 23.7 Å². The molecule has 8 nitrogen and oxygen atoms in total. The molecule has 1 aliphatic heterocycles. The van der Waals surface area contributed by atoms with Crippen molar-refractivity contribution in [2.24, 2.45) is 5.73 Å². The molecule has 1 aromatic heterocycles. The van der Waals surface area contributed by atoms with E-state index >= 15 is 0 Å². The van der Waals surface area contributed by atoms with E-state index in [2.05, 4.69) is 10.6 Å². The van der Waals surface area contributed by atoms with Crippen LogP contribution in [0, 0.1) is 0 Å². The van der Waals surface area contributed by atoms with E-state index in [-0.39, 0.29) is 18.0 Å². The molecule has 4 N–H and O–H groups in total. The molecule has 1 atom stereocenters. The van der Waals surface area contributed by atoms with Crippen LogP contribution in [0.15, 0.2) is 11.4 Å². The number of nitrogens with zero attached hydrogens (tertiary/aromatic N) is 1. The third kappa shape index (κ3) is 5.91. The molecule has 144 valence electrons. The number of hydrogen-bond donors (Lipinski definition) is 3. The average molecular weight is 382 g/mol. The van der Waals surface area contributed by atoms with Gasteiger partial charge in [-0.1, -0.05) is 0 Å². The van der Waals surface area contributed by atoms with E-state index in [9.17, 15) is 14.4 Å². The molecule has 2 rings (SSSR count). The molecule has 9 heteroatoms. The van der Waals surface area contributed by atoms with Crippen LogP contribution < -0.4 is 16.4 Å². The van der Waals surface area contributed by atoms with Gasteiger partial charge in [0.05, 0.1) is 5.69 Å². The number of likely N-dealkylation sites (tertiary alicyclic amines) is 1. The SMILES string of the molecule is CC(C)(C)OC(=O)N1CCCC[C@H](NC(=O)c2sccc2NC(N)=O)C1. The smallest absolute Gasteiger partial charge is 0.410 e. The van der Waals surface area contributed by atoms with Gasteiger partial charge in [-0.3, -0.25) is 4.79 Å². The van der Waals surface area contributed by atoms with Crippen molar-refractivity contribution >= 4 is 35.1 Å². The van der Waals surface area contributed by atoms with Gasteiger partial charge in [0.15, 0.2) is 0 Å². The van der Waals surface area contributed by atoms with Gasteiger partial charge in [-0.05, 0) is 51.5 Å². The minimum Gasteiger partial charge on any atom is -0.444 e. The monoisotopic (exact) mass is 382 g/mol. The standard InChI is InChI=1S/C17H26N4O4S/c1-17(2,3)25-16(24)21-8-5-4-6-11(10-21)19-14(22)13-12(7-9-26-13)20-15(18)23/h7,9,11H,4-6,8,10H2,1-3H3,(H,19,22)(H3,18,20,23)/t11-/m0/s1. The molecule has 0 aliphatic carbocycles. The maximum atomic E-state index is 12.6. The third-order valence-corrected chi connectivity index (χ3v) is 4.70. The Bertz CT molecular complexity index is 668. The van der Waals surface area contributed by atoms with Crippen molar-refractivity contribution in [3.05, 3.63) is 16.3 Å². The molecule has 0 spiro atoms. The zero-order valence-electron chi connectivity index (χ0n) is 15.3. The number of nitrogens with two attached hydrogens (primary N) is 1. The highest BCUT2D eigenvalue weighted by Crippen LogP contribution is 2.23. The maximum Gasteiger partial charge on any atom is 0.410 e. The van der Waals surface area contributed by atoms with Gasteiger partial charge in [0.25, 0.3) is 5.91 Å². The van der Waals surface area contributed by atoms with Crippen molar-refractivity contribution in [1.29, 1.82) is 0 Å². The number of carbonyl (C=O) groups excluding carboxylic acids is 3. The summed E-state index contributed by atoms with van der Waals surface area (Å²) in [7, 11) is 0. The second-order valence-electron chi connectivity index (χ2n) is 7.25. The lowest BCUT2D eigenvalue weighted by molar-refractivity contribution is 0.0242. The summed E-state index contributed by atoms with van der Waals surface area (Å²) < 4.78 is 5.44. The Morgan fingerprint density at radius 3 is 2.69 bits per heavy atom. The second kappa shape index (κ2) is 8.39. The zero-order valence-corrected chi connectivity index (χ0v) is 16.1. The van der Waals surface area contributed by atoms with E-state index in [4.69, 9.17) is 10.5 Å². The third-order valence-electron chi connectivity index (χ3n) is 3.79. The molecule has 0 saturated carbocycles. The van der Waals surface area contributed by atoms with Gasteiger partial charge in [-0.2, -0.15) is 0 Å². The fraction of sp³-hybridized carbons (Fsp3) is 0.588. The van der Waals surface area contributed by atoms with Gasteiger partial charge in [-0.25, -0.2) is 9.59 Å². The lowest BCUT2D eigenvalue weighted by atomic mass is 10.1. The number of nitrogens with one attached hydrogen (secondary N) is 2. The molecule has 26 heavy (non-hydrogen) atoms. The van der Waals surface area contributed by atoms with Gasteiger partial charge < -0.3 is 26.0 Å². The van der Waals surface area contributed by atoms with E-state index in [1.165, 1.54) is 11.3 Å². The van der Waals surface area contributed by atoms with E-state index < -0.39 is 11.6 Å². The predicted octanol–water partition coefficient (Wildman–Crippen LogP) is 2.76. The van der Waals surface area contributed by atoms with Crippen molar-refractivity contribution in [2.45, 2.75) is 51.7 Å². The first-order chi connectivity index (χ1) is 12.2. The number of thiophene rings is 1. The molecule has 0 aromatic carbocycles. The average Bonchev–Trinajstić information content (AvgIpc) is 2.82. The molecular formula is C17H26N4O4S. The van der Waals surface area contributed by atoms with Crippen molar-refractivity contribution < 1.29 is 19.1 Å². The van der Waals surface area contributed by atoms with E-state index in [1.54, 1.807) is 16.3 Å².